The minimum absolute atomic E-state index is 0. The molecule has 1 aromatic heterocycles. The van der Waals surface area contributed by atoms with Gasteiger partial charge in [-0.1, -0.05) is 24.3 Å². The molecule has 0 aliphatic heterocycles. The van der Waals surface area contributed by atoms with Gasteiger partial charge >= 0.3 is 6.09 Å². The van der Waals surface area contributed by atoms with Gasteiger partial charge in [-0.25, -0.2) is 17.9 Å². The summed E-state index contributed by atoms with van der Waals surface area (Å²) in [4.78, 5) is 25.2. The number of fused-ring (bicyclic) bond motifs is 1. The first-order chi connectivity index (χ1) is 19.2. The Morgan fingerprint density at radius 2 is 1.71 bits per heavy atom. The average Bonchev–Trinajstić information content (AvgIpc) is 3.56. The number of amides is 2. The minimum atomic E-state index is -4.01. The van der Waals surface area contributed by atoms with Gasteiger partial charge in [0.15, 0.2) is 0 Å². The standard InChI is InChI=1S/C30H31N3O6S.Na/c1-33-19-22(26-18-23(14-15-27(26)33)31-30(35)39-24-8-6-7-9-24)16-20-12-13-21(17-28(20)38-2)29(34)32-40(36,37)25-10-4-3-5-11-25;/h3-5,10-15,17-19,24H,6-9,16H2,1-2H3,(H,31,35)(H,32,34);. The summed E-state index contributed by atoms with van der Waals surface area (Å²) in [6.07, 6.45) is 6.00. The fraction of sp³-hybridized carbons (Fsp3) is 0.267. The van der Waals surface area contributed by atoms with E-state index < -0.39 is 22.0 Å². The molecule has 4 aromatic rings. The summed E-state index contributed by atoms with van der Waals surface area (Å²) >= 11 is 0. The zero-order chi connectivity index (χ0) is 28.3. The van der Waals surface area contributed by atoms with Crippen molar-refractivity contribution in [3.63, 3.8) is 0 Å². The van der Waals surface area contributed by atoms with Gasteiger partial charge in [-0.15, -0.1) is 0 Å². The molecule has 1 fully saturated rings. The van der Waals surface area contributed by atoms with E-state index >= 15 is 0 Å². The summed E-state index contributed by atoms with van der Waals surface area (Å²) in [5.41, 5.74) is 3.60. The third kappa shape index (κ3) is 7.13. The Hall–Kier alpha value is -3.31. The number of aryl methyl sites for hydroxylation is 1. The maximum absolute atomic E-state index is 12.8. The number of methoxy groups -OCH3 is 1. The largest absolute Gasteiger partial charge is 0.496 e. The molecule has 2 amide bonds. The van der Waals surface area contributed by atoms with Crippen molar-refractivity contribution in [3.8, 4) is 5.75 Å². The third-order valence-electron chi connectivity index (χ3n) is 7.11. The number of benzene rings is 3. The van der Waals surface area contributed by atoms with E-state index in [2.05, 4.69) is 10.0 Å². The zero-order valence-electron chi connectivity index (χ0n) is 23.3. The van der Waals surface area contributed by atoms with Crippen molar-refractivity contribution in [2.45, 2.75) is 43.1 Å². The molecule has 2 N–H and O–H groups in total. The summed E-state index contributed by atoms with van der Waals surface area (Å²) < 4.78 is 40.4. The second kappa shape index (κ2) is 13.1. The molecule has 0 bridgehead atoms. The first kappa shape index (κ1) is 30.6. The van der Waals surface area contributed by atoms with Crippen LogP contribution < -0.4 is 14.8 Å². The van der Waals surface area contributed by atoms with E-state index in [0.717, 1.165) is 47.7 Å². The SMILES string of the molecule is COc1cc(C(=O)NS(=O)(=O)c2ccccc2)ccc1Cc1cn(C)c2ccc(NC(=O)OC3CCCC3)cc12.[Na]. The fourth-order valence-electron chi connectivity index (χ4n) is 5.07. The van der Waals surface area contributed by atoms with Crippen molar-refractivity contribution in [3.05, 3.63) is 89.6 Å². The van der Waals surface area contributed by atoms with Crippen LogP contribution in [0.25, 0.3) is 10.9 Å². The molecule has 0 atom stereocenters. The Labute approximate surface area is 261 Å². The maximum atomic E-state index is 12.8. The van der Waals surface area contributed by atoms with Gasteiger partial charge < -0.3 is 14.0 Å². The van der Waals surface area contributed by atoms with Gasteiger partial charge in [-0.05, 0) is 79.3 Å². The Morgan fingerprint density at radius 1 is 0.976 bits per heavy atom. The van der Waals surface area contributed by atoms with Crippen LogP contribution in [0.5, 0.6) is 5.75 Å². The van der Waals surface area contributed by atoms with Crippen molar-refractivity contribution in [2.24, 2.45) is 7.05 Å². The number of anilines is 1. The van der Waals surface area contributed by atoms with E-state index in [-0.39, 0.29) is 46.1 Å². The average molecular weight is 585 g/mol. The number of ether oxygens (including phenoxy) is 2. The topological polar surface area (TPSA) is 116 Å². The van der Waals surface area contributed by atoms with Crippen LogP contribution >= 0.6 is 0 Å². The van der Waals surface area contributed by atoms with Gasteiger partial charge in [0.05, 0.1) is 12.0 Å². The molecule has 1 heterocycles. The third-order valence-corrected chi connectivity index (χ3v) is 8.45. The van der Waals surface area contributed by atoms with Gasteiger partial charge in [0.2, 0.25) is 0 Å². The molecule has 1 radical (unpaired) electrons. The van der Waals surface area contributed by atoms with Gasteiger partial charge in [-0.2, -0.15) is 0 Å². The number of rotatable bonds is 8. The van der Waals surface area contributed by atoms with Crippen LogP contribution in [0.3, 0.4) is 0 Å². The van der Waals surface area contributed by atoms with Crippen LogP contribution in [-0.2, 0) is 28.2 Å². The summed E-state index contributed by atoms with van der Waals surface area (Å²) in [6.45, 7) is 0. The van der Waals surface area contributed by atoms with Crippen molar-refractivity contribution in [1.29, 1.82) is 0 Å². The molecule has 1 aliphatic carbocycles. The van der Waals surface area contributed by atoms with Crippen molar-refractivity contribution in [1.82, 2.24) is 9.29 Å². The molecular weight excluding hydrogens is 553 g/mol. The summed E-state index contributed by atoms with van der Waals surface area (Å²) in [5.74, 6) is -0.296. The summed E-state index contributed by atoms with van der Waals surface area (Å²) in [6, 6.07) is 18.3. The minimum Gasteiger partial charge on any atom is -0.496 e. The number of nitrogens with zero attached hydrogens (tertiary/aromatic N) is 1. The van der Waals surface area contributed by atoms with Gasteiger partial charge in [0.25, 0.3) is 15.9 Å². The monoisotopic (exact) mass is 584 g/mol. The smallest absolute Gasteiger partial charge is 0.411 e. The Morgan fingerprint density at radius 3 is 2.41 bits per heavy atom. The number of hydrogen-bond donors (Lipinski definition) is 2. The van der Waals surface area contributed by atoms with Crippen LogP contribution in [0.1, 0.15) is 47.2 Å². The number of carbonyl (C=O) groups is 2. The molecule has 9 nitrogen and oxygen atoms in total. The molecule has 1 aliphatic rings. The number of nitrogens with one attached hydrogen (secondary N) is 2. The second-order valence-electron chi connectivity index (χ2n) is 9.89. The number of hydrogen-bond acceptors (Lipinski definition) is 6. The molecule has 1 saturated carbocycles. The van der Waals surface area contributed by atoms with Gasteiger partial charge in [0.1, 0.15) is 11.9 Å². The van der Waals surface area contributed by atoms with Crippen LogP contribution in [0, 0.1) is 0 Å². The van der Waals surface area contributed by atoms with Crippen LogP contribution in [0.4, 0.5) is 10.5 Å². The first-order valence-corrected chi connectivity index (χ1v) is 14.6. The number of sulfonamides is 1. The van der Waals surface area contributed by atoms with Crippen molar-refractivity contribution in [2.75, 3.05) is 12.4 Å². The van der Waals surface area contributed by atoms with E-state index in [4.69, 9.17) is 9.47 Å². The molecule has 209 valence electrons. The van der Waals surface area contributed by atoms with E-state index in [1.165, 1.54) is 25.3 Å². The maximum Gasteiger partial charge on any atom is 0.411 e. The van der Waals surface area contributed by atoms with E-state index in [9.17, 15) is 18.0 Å². The predicted molar refractivity (Wildman–Crippen MR) is 158 cm³/mol. The molecule has 3 aromatic carbocycles. The first-order valence-electron chi connectivity index (χ1n) is 13.1. The van der Waals surface area contributed by atoms with Gasteiger partial charge in [0, 0.05) is 71.4 Å². The Kier molecular flexibility index (Phi) is 9.80. The predicted octanol–water partition coefficient (Wildman–Crippen LogP) is 5.01. The van der Waals surface area contributed by atoms with Crippen LogP contribution in [0.2, 0.25) is 0 Å². The Bertz CT molecular complexity index is 1660. The molecule has 41 heavy (non-hydrogen) atoms. The summed E-state index contributed by atoms with van der Waals surface area (Å²) in [5, 5.41) is 3.80. The molecule has 11 heteroatoms. The quantitative estimate of drug-likeness (QED) is 0.282. The Balaban J connectivity index is 0.00000387. The van der Waals surface area contributed by atoms with Gasteiger partial charge in [-0.3, -0.25) is 10.1 Å². The van der Waals surface area contributed by atoms with Crippen molar-refractivity contribution >= 4 is 68.2 Å². The van der Waals surface area contributed by atoms with Crippen LogP contribution in [-0.4, -0.2) is 67.8 Å². The van der Waals surface area contributed by atoms with Crippen LogP contribution in [0.15, 0.2) is 77.8 Å². The molecule has 5 rings (SSSR count). The molecule has 0 saturated heterocycles. The normalized spacial score (nSPS) is 13.4. The zero-order valence-corrected chi connectivity index (χ0v) is 26.2. The molecular formula is C30H31N3NaO6S. The van der Waals surface area contributed by atoms with E-state index in [1.807, 2.05) is 36.0 Å². The van der Waals surface area contributed by atoms with E-state index in [1.54, 1.807) is 30.3 Å². The number of carbonyl (C=O) groups excluding carboxylic acids is 2. The second-order valence-corrected chi connectivity index (χ2v) is 11.6. The van der Waals surface area contributed by atoms with Crippen molar-refractivity contribution < 1.29 is 27.5 Å². The summed E-state index contributed by atoms with van der Waals surface area (Å²) in [7, 11) is -0.557. The molecule has 0 unspecified atom stereocenters. The number of aromatic nitrogens is 1. The van der Waals surface area contributed by atoms with E-state index in [0.29, 0.717) is 17.9 Å². The fourth-order valence-corrected chi connectivity index (χ4v) is 6.07. The molecule has 0 spiro atoms.